The lowest BCUT2D eigenvalue weighted by Gasteiger charge is -2.15. The molecule has 0 unspecified atom stereocenters. The molecule has 1 heterocycles. The molecule has 0 radical (unpaired) electrons. The Labute approximate surface area is 118 Å². The van der Waals surface area contributed by atoms with Gasteiger partial charge in [0.25, 0.3) is 0 Å². The summed E-state index contributed by atoms with van der Waals surface area (Å²) in [6, 6.07) is 0.252. The summed E-state index contributed by atoms with van der Waals surface area (Å²) >= 11 is 1.57. The first-order valence-electron chi connectivity index (χ1n) is 6.08. The highest BCUT2D eigenvalue weighted by Gasteiger charge is 2.20. The fourth-order valence-corrected chi connectivity index (χ4v) is 3.11. The van der Waals surface area contributed by atoms with Gasteiger partial charge < -0.3 is 11.1 Å². The molecule has 1 atom stereocenters. The number of rotatable bonds is 3. The summed E-state index contributed by atoms with van der Waals surface area (Å²) in [6.07, 6.45) is 3.37. The maximum Gasteiger partial charge on any atom is 0.226 e. The van der Waals surface area contributed by atoms with Crippen molar-refractivity contribution >= 4 is 34.8 Å². The molecular formula is C12H20ClN3OS. The minimum absolute atomic E-state index is 0. The van der Waals surface area contributed by atoms with Crippen LogP contribution in [0.5, 0.6) is 0 Å². The number of nitrogens with two attached hydrogens (primary N) is 1. The van der Waals surface area contributed by atoms with Gasteiger partial charge >= 0.3 is 0 Å². The Kier molecular flexibility index (Phi) is 5.56. The first kappa shape index (κ1) is 15.4. The second-order valence-corrected chi connectivity index (χ2v) is 6.12. The summed E-state index contributed by atoms with van der Waals surface area (Å²) in [6.45, 7) is 4.07. The molecule has 1 amide bonds. The van der Waals surface area contributed by atoms with Crippen LogP contribution in [-0.4, -0.2) is 16.9 Å². The van der Waals surface area contributed by atoms with E-state index in [1.165, 1.54) is 4.88 Å². The number of nitrogens with zero attached hydrogens (tertiary/aromatic N) is 1. The number of halogens is 1. The van der Waals surface area contributed by atoms with Crippen molar-refractivity contribution in [1.29, 1.82) is 0 Å². The minimum Gasteiger partial charge on any atom is -0.327 e. The third kappa shape index (κ3) is 3.93. The second kappa shape index (κ2) is 6.50. The molecule has 1 aliphatic carbocycles. The molecule has 3 N–H and O–H groups in total. The minimum atomic E-state index is 0. The number of carbonyl (C=O) groups is 1. The van der Waals surface area contributed by atoms with Crippen LogP contribution in [0.4, 0.5) is 5.13 Å². The Morgan fingerprint density at radius 1 is 1.61 bits per heavy atom. The van der Waals surface area contributed by atoms with E-state index in [4.69, 9.17) is 5.73 Å². The number of nitrogens with one attached hydrogen (secondary N) is 1. The molecular weight excluding hydrogens is 270 g/mol. The monoisotopic (exact) mass is 289 g/mol. The number of hydrogen-bond acceptors (Lipinski definition) is 4. The molecule has 0 spiro atoms. The summed E-state index contributed by atoms with van der Waals surface area (Å²) in [4.78, 5) is 17.3. The molecule has 102 valence electrons. The van der Waals surface area contributed by atoms with Crippen molar-refractivity contribution in [2.45, 2.75) is 45.6 Å². The molecule has 0 saturated carbocycles. The van der Waals surface area contributed by atoms with Crippen molar-refractivity contribution in [1.82, 2.24) is 4.98 Å². The zero-order chi connectivity index (χ0) is 12.4. The van der Waals surface area contributed by atoms with E-state index in [0.29, 0.717) is 12.3 Å². The first-order chi connectivity index (χ1) is 8.04. The van der Waals surface area contributed by atoms with Crippen molar-refractivity contribution in [2.75, 3.05) is 5.32 Å². The number of amides is 1. The van der Waals surface area contributed by atoms with Gasteiger partial charge in [-0.2, -0.15) is 0 Å². The number of carbonyl (C=O) groups excluding carboxylic acids is 1. The van der Waals surface area contributed by atoms with Gasteiger partial charge in [-0.25, -0.2) is 4.98 Å². The van der Waals surface area contributed by atoms with Crippen LogP contribution in [0.1, 0.15) is 37.3 Å². The average Bonchev–Trinajstić information content (AvgIpc) is 2.57. The van der Waals surface area contributed by atoms with Crippen LogP contribution < -0.4 is 11.1 Å². The number of hydrogen-bond donors (Lipinski definition) is 2. The summed E-state index contributed by atoms with van der Waals surface area (Å²) in [5.41, 5.74) is 7.04. The highest BCUT2D eigenvalue weighted by molar-refractivity contribution is 7.15. The number of fused-ring (bicyclic) bond motifs is 1. The van der Waals surface area contributed by atoms with Gasteiger partial charge in [0.05, 0.1) is 5.69 Å². The van der Waals surface area contributed by atoms with E-state index in [9.17, 15) is 4.79 Å². The predicted octanol–water partition coefficient (Wildman–Crippen LogP) is 2.37. The van der Waals surface area contributed by atoms with Crippen LogP contribution in [0.3, 0.4) is 0 Å². The fourth-order valence-electron chi connectivity index (χ4n) is 2.00. The maximum atomic E-state index is 11.6. The van der Waals surface area contributed by atoms with Gasteiger partial charge in [0, 0.05) is 17.3 Å². The molecule has 0 bridgehead atoms. The van der Waals surface area contributed by atoms with E-state index in [1.54, 1.807) is 11.3 Å². The molecule has 2 rings (SSSR count). The summed E-state index contributed by atoms with van der Waals surface area (Å²) in [5.74, 6) is 0.424. The topological polar surface area (TPSA) is 68.0 Å². The molecule has 1 aromatic rings. The molecule has 1 aromatic heterocycles. The van der Waals surface area contributed by atoms with Gasteiger partial charge in [0.2, 0.25) is 5.91 Å². The third-order valence-corrected chi connectivity index (χ3v) is 3.85. The highest BCUT2D eigenvalue weighted by Crippen LogP contribution is 2.29. The summed E-state index contributed by atoms with van der Waals surface area (Å²) in [7, 11) is 0. The van der Waals surface area contributed by atoms with Crippen LogP contribution >= 0.6 is 23.7 Å². The van der Waals surface area contributed by atoms with E-state index in [2.05, 4.69) is 10.3 Å². The van der Waals surface area contributed by atoms with Crippen molar-refractivity contribution in [2.24, 2.45) is 11.7 Å². The van der Waals surface area contributed by atoms with Crippen molar-refractivity contribution in [3.05, 3.63) is 10.6 Å². The van der Waals surface area contributed by atoms with E-state index >= 15 is 0 Å². The van der Waals surface area contributed by atoms with Gasteiger partial charge in [-0.05, 0) is 25.2 Å². The maximum absolute atomic E-state index is 11.6. The first-order valence-corrected chi connectivity index (χ1v) is 6.90. The SMILES string of the molecule is CC(C)CC(=O)Nc1nc2c(s1)C[C@@H](N)CC2.Cl. The van der Waals surface area contributed by atoms with Gasteiger partial charge in [0.15, 0.2) is 5.13 Å². The molecule has 0 saturated heterocycles. The lowest BCUT2D eigenvalue weighted by molar-refractivity contribution is -0.116. The van der Waals surface area contributed by atoms with Gasteiger partial charge in [-0.15, -0.1) is 23.7 Å². The number of aryl methyl sites for hydroxylation is 1. The molecule has 0 aliphatic heterocycles. The Morgan fingerprint density at radius 2 is 2.33 bits per heavy atom. The zero-order valence-corrected chi connectivity index (χ0v) is 12.4. The van der Waals surface area contributed by atoms with Gasteiger partial charge in [0.1, 0.15) is 0 Å². The Balaban J connectivity index is 0.00000162. The van der Waals surface area contributed by atoms with E-state index in [1.807, 2.05) is 13.8 Å². The van der Waals surface area contributed by atoms with Crippen LogP contribution in [0, 0.1) is 5.92 Å². The quantitative estimate of drug-likeness (QED) is 0.897. The predicted molar refractivity (Wildman–Crippen MR) is 77.4 cm³/mol. The summed E-state index contributed by atoms with van der Waals surface area (Å²) < 4.78 is 0. The molecule has 0 aromatic carbocycles. The Morgan fingerprint density at radius 3 is 3.00 bits per heavy atom. The normalized spacial score (nSPS) is 18.1. The highest BCUT2D eigenvalue weighted by atomic mass is 35.5. The molecule has 4 nitrogen and oxygen atoms in total. The zero-order valence-electron chi connectivity index (χ0n) is 10.7. The van der Waals surface area contributed by atoms with Crippen LogP contribution in [0.15, 0.2) is 0 Å². The lowest BCUT2D eigenvalue weighted by Crippen LogP contribution is -2.27. The van der Waals surface area contributed by atoms with Gasteiger partial charge in [-0.3, -0.25) is 4.79 Å². The molecule has 0 fully saturated rings. The standard InChI is InChI=1S/C12H19N3OS.ClH/c1-7(2)5-11(16)15-12-14-9-4-3-8(13)6-10(9)17-12;/h7-8H,3-6,13H2,1-2H3,(H,14,15,16);1H/t8-;/m0./s1. The van der Waals surface area contributed by atoms with Crippen molar-refractivity contribution < 1.29 is 4.79 Å². The Bertz CT molecular complexity index is 419. The largest absolute Gasteiger partial charge is 0.327 e. The number of aromatic nitrogens is 1. The molecule has 18 heavy (non-hydrogen) atoms. The molecule has 1 aliphatic rings. The van der Waals surface area contributed by atoms with Crippen LogP contribution in [0.25, 0.3) is 0 Å². The second-order valence-electron chi connectivity index (χ2n) is 5.04. The van der Waals surface area contributed by atoms with Crippen molar-refractivity contribution in [3.8, 4) is 0 Å². The van der Waals surface area contributed by atoms with Crippen molar-refractivity contribution in [3.63, 3.8) is 0 Å². The van der Waals surface area contributed by atoms with E-state index in [-0.39, 0.29) is 24.4 Å². The van der Waals surface area contributed by atoms with E-state index in [0.717, 1.165) is 30.1 Å². The van der Waals surface area contributed by atoms with Crippen LogP contribution in [0.2, 0.25) is 0 Å². The molecule has 6 heteroatoms. The number of thiazole rings is 1. The Hall–Kier alpha value is -0.650. The van der Waals surface area contributed by atoms with E-state index < -0.39 is 0 Å². The summed E-state index contributed by atoms with van der Waals surface area (Å²) in [5, 5.41) is 3.60. The third-order valence-electron chi connectivity index (χ3n) is 2.82. The number of anilines is 1. The van der Waals surface area contributed by atoms with Gasteiger partial charge in [-0.1, -0.05) is 13.8 Å². The average molecular weight is 290 g/mol. The lowest BCUT2D eigenvalue weighted by atomic mass is 9.99. The fraction of sp³-hybridized carbons (Fsp3) is 0.667. The van der Waals surface area contributed by atoms with Crippen LogP contribution in [-0.2, 0) is 17.6 Å². The smallest absolute Gasteiger partial charge is 0.226 e.